The quantitative estimate of drug-likeness (QED) is 0.575. The summed E-state index contributed by atoms with van der Waals surface area (Å²) in [4.78, 5) is 0. The van der Waals surface area contributed by atoms with E-state index in [0.29, 0.717) is 6.54 Å². The third kappa shape index (κ3) is 4.09. The van der Waals surface area contributed by atoms with E-state index in [-0.39, 0.29) is 0 Å². The van der Waals surface area contributed by atoms with Crippen LogP contribution >= 0.6 is 0 Å². The van der Waals surface area contributed by atoms with Gasteiger partial charge in [-0.05, 0) is 6.92 Å². The monoisotopic (exact) mass is 135 g/mol. The highest BCUT2D eigenvalue weighted by Crippen LogP contribution is 1.97. The molecule has 0 rings (SSSR count). The van der Waals surface area contributed by atoms with Crippen molar-refractivity contribution < 1.29 is 8.78 Å². The molecule has 0 aromatic carbocycles. The summed E-state index contributed by atoms with van der Waals surface area (Å²) in [6.07, 6.45) is -0.733. The van der Waals surface area contributed by atoms with E-state index in [1.54, 1.807) is 6.08 Å². The lowest BCUT2D eigenvalue weighted by Crippen LogP contribution is -2.32. The maximum Gasteiger partial charge on any atom is 0.253 e. The van der Waals surface area contributed by atoms with Crippen molar-refractivity contribution in [3.63, 3.8) is 0 Å². The third-order valence-electron chi connectivity index (χ3n) is 0.962. The number of rotatable bonds is 4. The second kappa shape index (κ2) is 4.44. The van der Waals surface area contributed by atoms with Gasteiger partial charge in [0.15, 0.2) is 0 Å². The van der Waals surface area contributed by atoms with Gasteiger partial charge in [-0.2, -0.15) is 0 Å². The number of hydrogen-bond donors (Lipinski definition) is 1. The lowest BCUT2D eigenvalue weighted by molar-refractivity contribution is 0.108. The average molecular weight is 135 g/mol. The molecule has 0 heterocycles. The fraction of sp³-hybridized carbons (Fsp3) is 0.667. The summed E-state index contributed by atoms with van der Waals surface area (Å²) in [6.45, 7) is 5.26. The topological polar surface area (TPSA) is 12.0 Å². The highest BCUT2D eigenvalue weighted by atomic mass is 19.3. The van der Waals surface area contributed by atoms with Crippen LogP contribution in [0, 0.1) is 0 Å². The van der Waals surface area contributed by atoms with E-state index in [4.69, 9.17) is 0 Å². The molecule has 0 saturated carbocycles. The Bertz CT molecular complexity index is 83.1. The second-order valence-electron chi connectivity index (χ2n) is 1.82. The Kier molecular flexibility index (Phi) is 4.22. The Labute approximate surface area is 53.8 Å². The van der Waals surface area contributed by atoms with Gasteiger partial charge in [0.05, 0.1) is 6.04 Å². The summed E-state index contributed by atoms with van der Waals surface area (Å²) < 4.78 is 23.3. The smallest absolute Gasteiger partial charge is 0.253 e. The summed E-state index contributed by atoms with van der Waals surface area (Å²) in [5.74, 6) is 0. The minimum Gasteiger partial charge on any atom is -0.306 e. The Hall–Kier alpha value is -0.440. The van der Waals surface area contributed by atoms with E-state index in [9.17, 15) is 8.78 Å². The van der Waals surface area contributed by atoms with Gasteiger partial charge in [0.2, 0.25) is 0 Å². The van der Waals surface area contributed by atoms with E-state index >= 15 is 0 Å². The Morgan fingerprint density at radius 2 is 2.22 bits per heavy atom. The van der Waals surface area contributed by atoms with Crippen molar-refractivity contribution in [1.29, 1.82) is 0 Å². The van der Waals surface area contributed by atoms with Crippen molar-refractivity contribution >= 4 is 0 Å². The summed E-state index contributed by atoms with van der Waals surface area (Å²) in [5.41, 5.74) is 0. The molecule has 1 atom stereocenters. The van der Waals surface area contributed by atoms with Crippen molar-refractivity contribution in [1.82, 2.24) is 5.32 Å². The summed E-state index contributed by atoms with van der Waals surface area (Å²) in [7, 11) is 0. The largest absolute Gasteiger partial charge is 0.306 e. The van der Waals surface area contributed by atoms with Gasteiger partial charge in [-0.1, -0.05) is 6.08 Å². The summed E-state index contributed by atoms with van der Waals surface area (Å²) in [6, 6.07) is -0.733. The van der Waals surface area contributed by atoms with Crippen molar-refractivity contribution in [2.75, 3.05) is 6.54 Å². The molecule has 0 saturated heterocycles. The molecule has 0 bridgehead atoms. The first-order valence-corrected chi connectivity index (χ1v) is 2.81. The van der Waals surface area contributed by atoms with Crippen molar-refractivity contribution in [2.45, 2.75) is 19.4 Å². The predicted octanol–water partition coefficient (Wildman–Crippen LogP) is 1.42. The zero-order valence-corrected chi connectivity index (χ0v) is 5.40. The maximum atomic E-state index is 11.7. The zero-order chi connectivity index (χ0) is 7.28. The van der Waals surface area contributed by atoms with Crippen LogP contribution in [0.1, 0.15) is 6.92 Å². The number of halogens is 2. The van der Waals surface area contributed by atoms with Crippen LogP contribution < -0.4 is 5.32 Å². The minimum atomic E-state index is -2.29. The average Bonchev–Trinajstić information content (AvgIpc) is 1.82. The van der Waals surface area contributed by atoms with Crippen LogP contribution in [0.15, 0.2) is 12.7 Å². The van der Waals surface area contributed by atoms with Crippen LogP contribution in [-0.4, -0.2) is 19.0 Å². The molecule has 0 amide bonds. The lowest BCUT2D eigenvalue weighted by Gasteiger charge is -2.09. The molecular weight excluding hydrogens is 124 g/mol. The SMILES string of the molecule is C=CCNC(C)C(F)F. The van der Waals surface area contributed by atoms with E-state index in [0.717, 1.165) is 0 Å². The molecule has 0 aliphatic heterocycles. The molecule has 0 aliphatic carbocycles. The molecule has 0 radical (unpaired) electrons. The molecule has 54 valence electrons. The predicted molar refractivity (Wildman–Crippen MR) is 33.7 cm³/mol. The molecule has 1 unspecified atom stereocenters. The molecule has 3 heteroatoms. The summed E-state index contributed by atoms with van der Waals surface area (Å²) in [5, 5.41) is 2.56. The molecule has 0 spiro atoms. The van der Waals surface area contributed by atoms with E-state index in [1.807, 2.05) is 0 Å². The fourth-order valence-corrected chi connectivity index (χ4v) is 0.358. The molecule has 0 aromatic heterocycles. The van der Waals surface area contributed by atoms with Gasteiger partial charge in [0, 0.05) is 6.54 Å². The van der Waals surface area contributed by atoms with Crippen molar-refractivity contribution in [3.8, 4) is 0 Å². The van der Waals surface area contributed by atoms with Gasteiger partial charge in [-0.3, -0.25) is 0 Å². The van der Waals surface area contributed by atoms with E-state index in [2.05, 4.69) is 11.9 Å². The van der Waals surface area contributed by atoms with Gasteiger partial charge in [-0.15, -0.1) is 6.58 Å². The van der Waals surface area contributed by atoms with Gasteiger partial charge in [0.1, 0.15) is 0 Å². The lowest BCUT2D eigenvalue weighted by atomic mass is 10.3. The maximum absolute atomic E-state index is 11.7. The number of hydrogen-bond acceptors (Lipinski definition) is 1. The molecule has 1 nitrogen and oxygen atoms in total. The van der Waals surface area contributed by atoms with Gasteiger partial charge in [-0.25, -0.2) is 8.78 Å². The van der Waals surface area contributed by atoms with Crippen molar-refractivity contribution in [2.24, 2.45) is 0 Å². The van der Waals surface area contributed by atoms with Crippen LogP contribution in [-0.2, 0) is 0 Å². The third-order valence-corrected chi connectivity index (χ3v) is 0.962. The molecular formula is C6H11F2N. The first kappa shape index (κ1) is 8.56. The number of alkyl halides is 2. The van der Waals surface area contributed by atoms with Crippen LogP contribution in [0.5, 0.6) is 0 Å². The second-order valence-corrected chi connectivity index (χ2v) is 1.82. The van der Waals surface area contributed by atoms with Gasteiger partial charge < -0.3 is 5.32 Å². The molecule has 0 aromatic rings. The Morgan fingerprint density at radius 3 is 2.56 bits per heavy atom. The van der Waals surface area contributed by atoms with Crippen molar-refractivity contribution in [3.05, 3.63) is 12.7 Å². The van der Waals surface area contributed by atoms with E-state index < -0.39 is 12.5 Å². The van der Waals surface area contributed by atoms with Crippen LogP contribution in [0.2, 0.25) is 0 Å². The molecule has 0 fully saturated rings. The van der Waals surface area contributed by atoms with Crippen LogP contribution in [0.3, 0.4) is 0 Å². The first-order valence-electron chi connectivity index (χ1n) is 2.81. The minimum absolute atomic E-state index is 0.436. The molecule has 1 N–H and O–H groups in total. The standard InChI is InChI=1S/C6H11F2N/c1-3-4-9-5(2)6(7)8/h3,5-6,9H,1,4H2,2H3. The Balaban J connectivity index is 3.26. The molecule has 9 heavy (non-hydrogen) atoms. The highest BCUT2D eigenvalue weighted by molar-refractivity contribution is 4.73. The summed E-state index contributed by atoms with van der Waals surface area (Å²) >= 11 is 0. The van der Waals surface area contributed by atoms with Gasteiger partial charge in [0.25, 0.3) is 6.43 Å². The van der Waals surface area contributed by atoms with Gasteiger partial charge >= 0.3 is 0 Å². The molecule has 0 aliphatic rings. The van der Waals surface area contributed by atoms with Crippen LogP contribution in [0.4, 0.5) is 8.78 Å². The van der Waals surface area contributed by atoms with E-state index in [1.165, 1.54) is 6.92 Å². The fourth-order valence-electron chi connectivity index (χ4n) is 0.358. The highest BCUT2D eigenvalue weighted by Gasteiger charge is 2.11. The zero-order valence-electron chi connectivity index (χ0n) is 5.40. The number of nitrogens with one attached hydrogen (secondary N) is 1. The van der Waals surface area contributed by atoms with Crippen LogP contribution in [0.25, 0.3) is 0 Å². The normalized spacial score (nSPS) is 13.8. The Morgan fingerprint density at radius 1 is 1.67 bits per heavy atom. The first-order chi connectivity index (χ1) is 4.18.